The summed E-state index contributed by atoms with van der Waals surface area (Å²) in [4.78, 5) is 2.16. The smallest absolute Gasteiger partial charge is 0.242 e. The minimum atomic E-state index is -3.55. The number of hydrogen-bond donors (Lipinski definition) is 2. The van der Waals surface area contributed by atoms with Crippen molar-refractivity contribution in [2.45, 2.75) is 38.1 Å². The summed E-state index contributed by atoms with van der Waals surface area (Å²) in [6.07, 6.45) is 0.881. The largest absolute Gasteiger partial charge is 0.395 e. The van der Waals surface area contributed by atoms with Gasteiger partial charge >= 0.3 is 0 Å². The van der Waals surface area contributed by atoms with Gasteiger partial charge in [-0.1, -0.05) is 19.1 Å². The van der Waals surface area contributed by atoms with Crippen molar-refractivity contribution in [2.75, 3.05) is 24.6 Å². The molecule has 1 aromatic carbocycles. The Morgan fingerprint density at radius 2 is 1.90 bits per heavy atom. The molecule has 0 saturated carbocycles. The molecule has 1 rings (SSSR count). The number of benzene rings is 1. The molecule has 2 N–H and O–H groups in total. The number of nitrogens with one attached hydrogen (secondary N) is 1. The number of sulfonamides is 1. The van der Waals surface area contributed by atoms with Crippen molar-refractivity contribution in [3.63, 3.8) is 0 Å². The van der Waals surface area contributed by atoms with Gasteiger partial charge < -0.3 is 10.0 Å². The van der Waals surface area contributed by atoms with E-state index in [0.717, 1.165) is 6.42 Å². The second kappa shape index (κ2) is 7.61. The first-order valence-electron chi connectivity index (χ1n) is 6.89. The third-order valence-corrected chi connectivity index (χ3v) is 4.46. The maximum Gasteiger partial charge on any atom is 0.242 e. The molecule has 114 valence electrons. The molecular formula is C14H24N2O3S. The first-order valence-corrected chi connectivity index (χ1v) is 8.37. The van der Waals surface area contributed by atoms with Crippen molar-refractivity contribution >= 4 is 15.7 Å². The van der Waals surface area contributed by atoms with Gasteiger partial charge in [0.25, 0.3) is 0 Å². The van der Waals surface area contributed by atoms with Crippen LogP contribution in [0.4, 0.5) is 5.69 Å². The van der Waals surface area contributed by atoms with Crippen LogP contribution in [-0.2, 0) is 10.0 Å². The van der Waals surface area contributed by atoms with E-state index >= 15 is 0 Å². The molecule has 0 aliphatic heterocycles. The third kappa shape index (κ3) is 4.47. The van der Waals surface area contributed by atoms with Crippen molar-refractivity contribution in [3.8, 4) is 0 Å². The lowest BCUT2D eigenvalue weighted by atomic mass is 10.2. The van der Waals surface area contributed by atoms with Crippen molar-refractivity contribution < 1.29 is 13.5 Å². The van der Waals surface area contributed by atoms with Gasteiger partial charge in [0.15, 0.2) is 0 Å². The fourth-order valence-corrected chi connectivity index (χ4v) is 3.54. The summed E-state index contributed by atoms with van der Waals surface area (Å²) in [6.45, 7) is 6.71. The molecule has 0 amide bonds. The van der Waals surface area contributed by atoms with Gasteiger partial charge in [-0.15, -0.1) is 0 Å². The predicted octanol–water partition coefficient (Wildman–Crippen LogP) is 1.58. The Kier molecular flexibility index (Phi) is 6.45. The quantitative estimate of drug-likeness (QED) is 0.765. The molecule has 0 radical (unpaired) electrons. The SMILES string of the molecule is CCCN(CCO)c1ccccc1S(=O)(=O)NC(C)C. The van der Waals surface area contributed by atoms with Crippen molar-refractivity contribution in [1.82, 2.24) is 4.72 Å². The maximum absolute atomic E-state index is 12.4. The number of aliphatic hydroxyl groups is 1. The van der Waals surface area contributed by atoms with Crippen molar-refractivity contribution in [2.24, 2.45) is 0 Å². The lowest BCUT2D eigenvalue weighted by molar-refractivity contribution is 0.301. The molecule has 1 aromatic rings. The Hall–Kier alpha value is -1.11. The Balaban J connectivity index is 3.21. The standard InChI is InChI=1S/C14H24N2O3S/c1-4-9-16(10-11-17)13-7-5-6-8-14(13)20(18,19)15-12(2)3/h5-8,12,15,17H,4,9-11H2,1-3H3. The lowest BCUT2D eigenvalue weighted by Gasteiger charge is -2.26. The van der Waals surface area contributed by atoms with Crippen LogP contribution in [0.5, 0.6) is 0 Å². The second-order valence-corrected chi connectivity index (χ2v) is 6.64. The van der Waals surface area contributed by atoms with Crippen LogP contribution in [0.15, 0.2) is 29.2 Å². The number of rotatable bonds is 8. The Bertz CT molecular complexity index is 509. The Morgan fingerprint density at radius 1 is 1.25 bits per heavy atom. The molecule has 20 heavy (non-hydrogen) atoms. The highest BCUT2D eigenvalue weighted by atomic mass is 32.2. The molecule has 0 aromatic heterocycles. The molecule has 0 heterocycles. The number of aliphatic hydroxyl groups excluding tert-OH is 1. The van der Waals surface area contributed by atoms with Crippen LogP contribution in [0, 0.1) is 0 Å². The molecule has 0 spiro atoms. The fourth-order valence-electron chi connectivity index (χ4n) is 2.06. The molecule has 0 aliphatic carbocycles. The van der Waals surface area contributed by atoms with E-state index in [-0.39, 0.29) is 17.5 Å². The van der Waals surface area contributed by atoms with Gasteiger partial charge in [0.1, 0.15) is 4.90 Å². The van der Waals surface area contributed by atoms with Gasteiger partial charge in [-0.2, -0.15) is 0 Å². The minimum Gasteiger partial charge on any atom is -0.395 e. The first kappa shape index (κ1) is 16.9. The summed E-state index contributed by atoms with van der Waals surface area (Å²) in [7, 11) is -3.55. The molecular weight excluding hydrogens is 276 g/mol. The van der Waals surface area contributed by atoms with Crippen LogP contribution in [-0.4, -0.2) is 39.3 Å². The summed E-state index contributed by atoms with van der Waals surface area (Å²) in [5, 5.41) is 9.16. The van der Waals surface area contributed by atoms with E-state index in [0.29, 0.717) is 18.8 Å². The monoisotopic (exact) mass is 300 g/mol. The molecule has 0 bridgehead atoms. The Labute approximate surface area is 121 Å². The zero-order valence-electron chi connectivity index (χ0n) is 12.3. The zero-order chi connectivity index (χ0) is 15.2. The van der Waals surface area contributed by atoms with Gasteiger partial charge in [-0.3, -0.25) is 0 Å². The highest BCUT2D eigenvalue weighted by molar-refractivity contribution is 7.89. The van der Waals surface area contributed by atoms with Crippen LogP contribution in [0.2, 0.25) is 0 Å². The second-order valence-electron chi connectivity index (χ2n) is 4.95. The topological polar surface area (TPSA) is 69.6 Å². The Morgan fingerprint density at radius 3 is 2.45 bits per heavy atom. The van der Waals surface area contributed by atoms with Crippen LogP contribution in [0.1, 0.15) is 27.2 Å². The number of nitrogens with zero attached hydrogens (tertiary/aromatic N) is 1. The summed E-state index contributed by atoms with van der Waals surface area (Å²) < 4.78 is 27.4. The fraction of sp³-hybridized carbons (Fsp3) is 0.571. The van der Waals surface area contributed by atoms with Gasteiger partial charge in [0, 0.05) is 19.1 Å². The van der Waals surface area contributed by atoms with Crippen LogP contribution in [0.3, 0.4) is 0 Å². The first-order chi connectivity index (χ1) is 9.42. The molecule has 0 aliphatic rings. The minimum absolute atomic E-state index is 0.00795. The van der Waals surface area contributed by atoms with E-state index in [2.05, 4.69) is 4.72 Å². The van der Waals surface area contributed by atoms with E-state index < -0.39 is 10.0 Å². The van der Waals surface area contributed by atoms with Gasteiger partial charge in [-0.05, 0) is 32.4 Å². The van der Waals surface area contributed by atoms with Gasteiger partial charge in [0.05, 0.1) is 12.3 Å². The lowest BCUT2D eigenvalue weighted by Crippen LogP contribution is -2.33. The van der Waals surface area contributed by atoms with Crippen molar-refractivity contribution in [1.29, 1.82) is 0 Å². The number of hydrogen-bond acceptors (Lipinski definition) is 4. The molecule has 0 saturated heterocycles. The van der Waals surface area contributed by atoms with Gasteiger partial charge in [-0.25, -0.2) is 13.1 Å². The average Bonchev–Trinajstić information content (AvgIpc) is 2.37. The average molecular weight is 300 g/mol. The van der Waals surface area contributed by atoms with E-state index in [9.17, 15) is 8.42 Å². The van der Waals surface area contributed by atoms with E-state index in [1.807, 2.05) is 17.9 Å². The highest BCUT2D eigenvalue weighted by Crippen LogP contribution is 2.25. The predicted molar refractivity (Wildman–Crippen MR) is 81.5 cm³/mol. The summed E-state index contributed by atoms with van der Waals surface area (Å²) in [5.74, 6) is 0. The normalized spacial score (nSPS) is 11.8. The van der Waals surface area contributed by atoms with Crippen LogP contribution in [0.25, 0.3) is 0 Å². The molecule has 0 fully saturated rings. The summed E-state index contributed by atoms with van der Waals surface area (Å²) in [5.41, 5.74) is 0.636. The van der Waals surface area contributed by atoms with E-state index in [1.54, 1.807) is 32.0 Å². The molecule has 6 heteroatoms. The summed E-state index contributed by atoms with van der Waals surface area (Å²) in [6, 6.07) is 6.73. The van der Waals surface area contributed by atoms with Gasteiger partial charge in [0.2, 0.25) is 10.0 Å². The molecule has 0 unspecified atom stereocenters. The van der Waals surface area contributed by atoms with Crippen molar-refractivity contribution in [3.05, 3.63) is 24.3 Å². The number of para-hydroxylation sites is 1. The number of anilines is 1. The van der Waals surface area contributed by atoms with Crippen LogP contribution >= 0.6 is 0 Å². The van der Waals surface area contributed by atoms with Crippen LogP contribution < -0.4 is 9.62 Å². The molecule has 5 nitrogen and oxygen atoms in total. The zero-order valence-corrected chi connectivity index (χ0v) is 13.2. The summed E-state index contributed by atoms with van der Waals surface area (Å²) >= 11 is 0. The van der Waals surface area contributed by atoms with E-state index in [4.69, 9.17) is 5.11 Å². The third-order valence-electron chi connectivity index (χ3n) is 2.75. The highest BCUT2D eigenvalue weighted by Gasteiger charge is 2.21. The molecule has 0 atom stereocenters. The van der Waals surface area contributed by atoms with E-state index in [1.165, 1.54) is 0 Å². The maximum atomic E-state index is 12.4.